The molecule has 0 radical (unpaired) electrons. The Labute approximate surface area is 147 Å². The first-order valence-electron chi connectivity index (χ1n) is 8.75. The summed E-state index contributed by atoms with van der Waals surface area (Å²) < 4.78 is 5.36. The minimum Gasteiger partial charge on any atom is -0.497 e. The molecule has 4 rings (SSSR count). The second kappa shape index (κ2) is 6.63. The number of carbonyl (C=O) groups is 1. The van der Waals surface area contributed by atoms with Crippen LogP contribution >= 0.6 is 0 Å². The van der Waals surface area contributed by atoms with Gasteiger partial charge in [-0.15, -0.1) is 0 Å². The molecule has 0 bridgehead atoms. The molecular weight excluding hydrogens is 312 g/mol. The molecule has 4 nitrogen and oxygen atoms in total. The number of aromatic amines is 1. The molecule has 2 aromatic carbocycles. The van der Waals surface area contributed by atoms with Gasteiger partial charge >= 0.3 is 0 Å². The van der Waals surface area contributed by atoms with Gasteiger partial charge in [0.15, 0.2) is 0 Å². The number of ether oxygens (including phenoxy) is 1. The molecule has 0 aliphatic carbocycles. The molecule has 128 valence electrons. The average Bonchev–Trinajstić information content (AvgIpc) is 3.11. The van der Waals surface area contributed by atoms with Gasteiger partial charge in [-0.05, 0) is 54.7 Å². The molecule has 1 amide bonds. The van der Waals surface area contributed by atoms with Crippen molar-refractivity contribution in [2.24, 2.45) is 0 Å². The SMILES string of the molecule is COc1ccc2[nH]cc(C3CCN(C(=O)c4ccccc4)CC3)c2c1. The summed E-state index contributed by atoms with van der Waals surface area (Å²) in [5.41, 5.74) is 3.25. The van der Waals surface area contributed by atoms with Gasteiger partial charge in [-0.25, -0.2) is 0 Å². The van der Waals surface area contributed by atoms with Crippen molar-refractivity contribution >= 4 is 16.8 Å². The van der Waals surface area contributed by atoms with E-state index in [-0.39, 0.29) is 5.91 Å². The van der Waals surface area contributed by atoms with E-state index in [0.717, 1.165) is 42.8 Å². The number of aromatic nitrogens is 1. The number of fused-ring (bicyclic) bond motifs is 1. The number of H-pyrrole nitrogens is 1. The van der Waals surface area contributed by atoms with Crippen LogP contribution in [0.4, 0.5) is 0 Å². The maximum Gasteiger partial charge on any atom is 0.253 e. The summed E-state index contributed by atoms with van der Waals surface area (Å²) in [5.74, 6) is 1.49. The van der Waals surface area contributed by atoms with Gasteiger partial charge in [0, 0.05) is 35.8 Å². The van der Waals surface area contributed by atoms with Gasteiger partial charge in [0.1, 0.15) is 5.75 Å². The Morgan fingerprint density at radius 3 is 2.60 bits per heavy atom. The quantitative estimate of drug-likeness (QED) is 0.780. The van der Waals surface area contributed by atoms with Gasteiger partial charge in [-0.3, -0.25) is 4.79 Å². The molecule has 1 aliphatic heterocycles. The van der Waals surface area contributed by atoms with Crippen molar-refractivity contribution in [3.05, 3.63) is 65.9 Å². The standard InChI is InChI=1S/C21H22N2O2/c1-25-17-7-8-20-18(13-17)19(14-22-20)15-9-11-23(12-10-15)21(24)16-5-3-2-4-6-16/h2-8,13-15,22H,9-12H2,1H3. The summed E-state index contributed by atoms with van der Waals surface area (Å²) in [4.78, 5) is 17.9. The van der Waals surface area contributed by atoms with Crippen molar-refractivity contribution in [2.75, 3.05) is 20.2 Å². The maximum absolute atomic E-state index is 12.6. The van der Waals surface area contributed by atoms with Crippen LogP contribution in [0.2, 0.25) is 0 Å². The van der Waals surface area contributed by atoms with Crippen LogP contribution in [0.1, 0.15) is 34.7 Å². The van der Waals surface area contributed by atoms with Crippen LogP contribution in [-0.4, -0.2) is 36.0 Å². The van der Waals surface area contributed by atoms with E-state index in [2.05, 4.69) is 23.3 Å². The minimum atomic E-state index is 0.139. The Bertz CT molecular complexity index is 877. The first kappa shape index (κ1) is 15.8. The van der Waals surface area contributed by atoms with Crippen LogP contribution in [-0.2, 0) is 0 Å². The smallest absolute Gasteiger partial charge is 0.253 e. The van der Waals surface area contributed by atoms with Gasteiger partial charge in [0.2, 0.25) is 0 Å². The van der Waals surface area contributed by atoms with Crippen LogP contribution in [0, 0.1) is 0 Å². The minimum absolute atomic E-state index is 0.139. The third-order valence-corrected chi connectivity index (χ3v) is 5.16. The molecule has 0 spiro atoms. The van der Waals surface area contributed by atoms with Crippen LogP contribution in [0.15, 0.2) is 54.7 Å². The lowest BCUT2D eigenvalue weighted by molar-refractivity contribution is 0.0713. The second-order valence-electron chi connectivity index (χ2n) is 6.59. The number of likely N-dealkylation sites (tertiary alicyclic amines) is 1. The fraction of sp³-hybridized carbons (Fsp3) is 0.286. The predicted octanol–water partition coefficient (Wildman–Crippen LogP) is 4.20. The van der Waals surface area contributed by atoms with E-state index in [0.29, 0.717) is 5.92 Å². The normalized spacial score (nSPS) is 15.5. The van der Waals surface area contributed by atoms with Gasteiger partial charge in [0.25, 0.3) is 5.91 Å². The lowest BCUT2D eigenvalue weighted by atomic mass is 9.89. The van der Waals surface area contributed by atoms with E-state index in [1.165, 1.54) is 10.9 Å². The highest BCUT2D eigenvalue weighted by atomic mass is 16.5. The maximum atomic E-state index is 12.6. The topological polar surface area (TPSA) is 45.3 Å². The van der Waals surface area contributed by atoms with Gasteiger partial charge < -0.3 is 14.6 Å². The number of nitrogens with one attached hydrogen (secondary N) is 1. The largest absolute Gasteiger partial charge is 0.497 e. The molecule has 1 aromatic heterocycles. The Kier molecular flexibility index (Phi) is 4.18. The van der Waals surface area contributed by atoms with E-state index in [1.807, 2.05) is 41.3 Å². The lowest BCUT2D eigenvalue weighted by Crippen LogP contribution is -2.37. The van der Waals surface area contributed by atoms with Gasteiger partial charge in [-0.2, -0.15) is 0 Å². The van der Waals surface area contributed by atoms with Crippen LogP contribution in [0.3, 0.4) is 0 Å². The number of amides is 1. The van der Waals surface area contributed by atoms with Crippen LogP contribution < -0.4 is 4.74 Å². The molecule has 25 heavy (non-hydrogen) atoms. The highest BCUT2D eigenvalue weighted by molar-refractivity contribution is 5.94. The predicted molar refractivity (Wildman–Crippen MR) is 99.2 cm³/mol. The Morgan fingerprint density at radius 2 is 1.88 bits per heavy atom. The summed E-state index contributed by atoms with van der Waals surface area (Å²) in [6.07, 6.45) is 4.09. The zero-order chi connectivity index (χ0) is 17.2. The lowest BCUT2D eigenvalue weighted by Gasteiger charge is -2.32. The number of nitrogens with zero attached hydrogens (tertiary/aromatic N) is 1. The molecule has 0 unspecified atom stereocenters. The third-order valence-electron chi connectivity index (χ3n) is 5.16. The summed E-state index contributed by atoms with van der Waals surface area (Å²) in [6.45, 7) is 1.60. The van der Waals surface area contributed by atoms with Gasteiger partial charge in [-0.1, -0.05) is 18.2 Å². The molecule has 1 aliphatic rings. The summed E-state index contributed by atoms with van der Waals surface area (Å²) in [5, 5.41) is 1.23. The molecule has 1 fully saturated rings. The van der Waals surface area contributed by atoms with Crippen LogP contribution in [0.5, 0.6) is 5.75 Å². The molecular formula is C21H22N2O2. The fourth-order valence-electron chi connectivity index (χ4n) is 3.74. The van der Waals surface area contributed by atoms with Crippen molar-refractivity contribution in [3.63, 3.8) is 0 Å². The zero-order valence-corrected chi connectivity index (χ0v) is 14.4. The van der Waals surface area contributed by atoms with Crippen LogP contribution in [0.25, 0.3) is 10.9 Å². The highest BCUT2D eigenvalue weighted by Gasteiger charge is 2.26. The number of piperidine rings is 1. The first-order chi connectivity index (χ1) is 12.3. The van der Waals surface area contributed by atoms with Crippen molar-refractivity contribution in [2.45, 2.75) is 18.8 Å². The van der Waals surface area contributed by atoms with E-state index >= 15 is 0 Å². The van der Waals surface area contributed by atoms with Crippen molar-refractivity contribution < 1.29 is 9.53 Å². The van der Waals surface area contributed by atoms with E-state index in [9.17, 15) is 4.79 Å². The Balaban J connectivity index is 1.50. The third kappa shape index (κ3) is 3.00. The van der Waals surface area contributed by atoms with Crippen molar-refractivity contribution in [1.82, 2.24) is 9.88 Å². The number of rotatable bonds is 3. The van der Waals surface area contributed by atoms with E-state index in [4.69, 9.17) is 4.74 Å². The number of benzene rings is 2. The summed E-state index contributed by atoms with van der Waals surface area (Å²) in [6, 6.07) is 15.7. The summed E-state index contributed by atoms with van der Waals surface area (Å²) >= 11 is 0. The number of hydrogen-bond donors (Lipinski definition) is 1. The zero-order valence-electron chi connectivity index (χ0n) is 14.4. The van der Waals surface area contributed by atoms with Crippen molar-refractivity contribution in [3.8, 4) is 5.75 Å². The van der Waals surface area contributed by atoms with Gasteiger partial charge in [0.05, 0.1) is 7.11 Å². The first-order valence-corrected chi connectivity index (χ1v) is 8.75. The highest BCUT2D eigenvalue weighted by Crippen LogP contribution is 2.34. The summed E-state index contributed by atoms with van der Waals surface area (Å²) in [7, 11) is 1.70. The molecule has 0 saturated carbocycles. The molecule has 1 N–H and O–H groups in total. The molecule has 3 aromatic rings. The molecule has 4 heteroatoms. The Morgan fingerprint density at radius 1 is 1.12 bits per heavy atom. The number of methoxy groups -OCH3 is 1. The molecule has 1 saturated heterocycles. The van der Waals surface area contributed by atoms with E-state index in [1.54, 1.807) is 7.11 Å². The second-order valence-corrected chi connectivity index (χ2v) is 6.59. The fourth-order valence-corrected chi connectivity index (χ4v) is 3.74. The molecule has 0 atom stereocenters. The number of carbonyl (C=O) groups excluding carboxylic acids is 1. The monoisotopic (exact) mass is 334 g/mol. The van der Waals surface area contributed by atoms with E-state index < -0.39 is 0 Å². The number of hydrogen-bond acceptors (Lipinski definition) is 2. The molecule has 2 heterocycles. The average molecular weight is 334 g/mol. The Hall–Kier alpha value is -2.75. The van der Waals surface area contributed by atoms with Crippen molar-refractivity contribution in [1.29, 1.82) is 0 Å².